The van der Waals surface area contributed by atoms with Crippen molar-refractivity contribution in [2.24, 2.45) is 4.99 Å². The Morgan fingerprint density at radius 1 is 1.04 bits per heavy atom. The van der Waals surface area contributed by atoms with Crippen molar-refractivity contribution in [2.75, 3.05) is 14.2 Å². The Labute approximate surface area is 136 Å². The molecular weight excluding hydrogens is 293 g/mol. The maximum atomic E-state index is 13.7. The van der Waals surface area contributed by atoms with Crippen LogP contribution in [0.3, 0.4) is 0 Å². The first-order valence-electron chi connectivity index (χ1n) is 7.45. The maximum absolute atomic E-state index is 13.7. The highest BCUT2D eigenvalue weighted by atomic mass is 19.1. The quantitative estimate of drug-likeness (QED) is 0.658. The van der Waals surface area contributed by atoms with Gasteiger partial charge in [-0.15, -0.1) is 0 Å². The molecule has 0 aliphatic heterocycles. The van der Waals surface area contributed by atoms with E-state index in [2.05, 4.69) is 46.8 Å². The van der Waals surface area contributed by atoms with Gasteiger partial charge in [-0.1, -0.05) is 35.9 Å². The fourth-order valence-corrected chi connectivity index (χ4v) is 2.12. The van der Waals surface area contributed by atoms with E-state index >= 15 is 0 Å². The molecule has 0 aliphatic rings. The third kappa shape index (κ3) is 4.98. The molecule has 2 rings (SSSR count). The largest absolute Gasteiger partial charge is 0.494 e. The molecule has 4 nitrogen and oxygen atoms in total. The van der Waals surface area contributed by atoms with Gasteiger partial charge >= 0.3 is 0 Å². The van der Waals surface area contributed by atoms with Crippen LogP contribution in [0.25, 0.3) is 0 Å². The molecule has 0 saturated carbocycles. The Balaban J connectivity index is 1.87. The van der Waals surface area contributed by atoms with E-state index < -0.39 is 0 Å². The van der Waals surface area contributed by atoms with Gasteiger partial charge in [0.15, 0.2) is 17.5 Å². The topological polar surface area (TPSA) is 45.7 Å². The average molecular weight is 315 g/mol. The molecule has 122 valence electrons. The van der Waals surface area contributed by atoms with Crippen molar-refractivity contribution in [1.29, 1.82) is 0 Å². The first-order valence-corrected chi connectivity index (χ1v) is 7.45. The second-order valence-electron chi connectivity index (χ2n) is 5.23. The molecule has 2 aromatic carbocycles. The fourth-order valence-electron chi connectivity index (χ4n) is 2.12. The van der Waals surface area contributed by atoms with Crippen LogP contribution in [0.4, 0.5) is 4.39 Å². The van der Waals surface area contributed by atoms with Gasteiger partial charge in [-0.25, -0.2) is 4.39 Å². The molecule has 0 radical (unpaired) electrons. The van der Waals surface area contributed by atoms with Gasteiger partial charge in [0.1, 0.15) is 0 Å². The number of halogens is 1. The van der Waals surface area contributed by atoms with E-state index in [0.717, 1.165) is 5.56 Å². The number of nitrogens with zero attached hydrogens (tertiary/aromatic N) is 1. The molecule has 0 fully saturated rings. The lowest BCUT2D eigenvalue weighted by Gasteiger charge is -2.12. The summed E-state index contributed by atoms with van der Waals surface area (Å²) in [6.07, 6.45) is 0. The first-order chi connectivity index (χ1) is 11.1. The van der Waals surface area contributed by atoms with E-state index in [4.69, 9.17) is 4.74 Å². The summed E-state index contributed by atoms with van der Waals surface area (Å²) in [5.74, 6) is 0.548. The van der Waals surface area contributed by atoms with Crippen molar-refractivity contribution in [1.82, 2.24) is 10.6 Å². The highest BCUT2D eigenvalue weighted by Gasteiger charge is 2.04. The van der Waals surface area contributed by atoms with E-state index in [1.54, 1.807) is 13.1 Å². The Bertz CT molecular complexity index is 668. The molecular formula is C18H22FN3O. The van der Waals surface area contributed by atoms with Crippen LogP contribution >= 0.6 is 0 Å². The van der Waals surface area contributed by atoms with Crippen LogP contribution in [0.2, 0.25) is 0 Å². The SMILES string of the molecule is CN=C(NCc1ccc(C)cc1)NCc1ccc(OC)c(F)c1. The van der Waals surface area contributed by atoms with Gasteiger partial charge < -0.3 is 15.4 Å². The maximum Gasteiger partial charge on any atom is 0.191 e. The minimum Gasteiger partial charge on any atom is -0.494 e. The minimum atomic E-state index is -0.366. The van der Waals surface area contributed by atoms with Gasteiger partial charge in [-0.2, -0.15) is 0 Å². The van der Waals surface area contributed by atoms with Gasteiger partial charge in [0.05, 0.1) is 7.11 Å². The number of benzene rings is 2. The summed E-state index contributed by atoms with van der Waals surface area (Å²) in [4.78, 5) is 4.17. The molecule has 0 saturated heterocycles. The lowest BCUT2D eigenvalue weighted by Crippen LogP contribution is -2.36. The highest BCUT2D eigenvalue weighted by molar-refractivity contribution is 5.79. The molecule has 2 N–H and O–H groups in total. The summed E-state index contributed by atoms with van der Waals surface area (Å²) < 4.78 is 18.6. The van der Waals surface area contributed by atoms with Crippen molar-refractivity contribution in [3.63, 3.8) is 0 Å². The number of aryl methyl sites for hydroxylation is 1. The molecule has 0 atom stereocenters. The number of hydrogen-bond acceptors (Lipinski definition) is 2. The predicted octanol–water partition coefficient (Wildman–Crippen LogP) is 3.01. The summed E-state index contributed by atoms with van der Waals surface area (Å²) in [5, 5.41) is 6.40. The van der Waals surface area contributed by atoms with E-state index in [1.165, 1.54) is 24.3 Å². The van der Waals surface area contributed by atoms with Crippen LogP contribution in [-0.4, -0.2) is 20.1 Å². The zero-order valence-corrected chi connectivity index (χ0v) is 13.7. The standard InChI is InChI=1S/C18H22FN3O/c1-13-4-6-14(7-5-13)11-21-18(20-2)22-12-15-8-9-17(23-3)16(19)10-15/h4-10H,11-12H2,1-3H3,(H2,20,21,22). The molecule has 5 heteroatoms. The lowest BCUT2D eigenvalue weighted by atomic mass is 10.1. The molecule has 0 heterocycles. The molecule has 0 aromatic heterocycles. The monoisotopic (exact) mass is 315 g/mol. The number of hydrogen-bond donors (Lipinski definition) is 2. The number of nitrogens with one attached hydrogen (secondary N) is 2. The molecule has 23 heavy (non-hydrogen) atoms. The van der Waals surface area contributed by atoms with Gasteiger partial charge in [0.2, 0.25) is 0 Å². The Morgan fingerprint density at radius 3 is 2.22 bits per heavy atom. The third-order valence-corrected chi connectivity index (χ3v) is 3.48. The minimum absolute atomic E-state index is 0.246. The van der Waals surface area contributed by atoms with E-state index in [-0.39, 0.29) is 11.6 Å². The number of aliphatic imine (C=N–C) groups is 1. The first kappa shape index (κ1) is 16.8. The van der Waals surface area contributed by atoms with Crippen LogP contribution in [0, 0.1) is 12.7 Å². The zero-order chi connectivity index (χ0) is 16.7. The second kappa shape index (κ2) is 8.17. The van der Waals surface area contributed by atoms with Gasteiger partial charge in [0.25, 0.3) is 0 Å². The van der Waals surface area contributed by atoms with E-state index in [0.29, 0.717) is 19.0 Å². The summed E-state index contributed by atoms with van der Waals surface area (Å²) >= 11 is 0. The third-order valence-electron chi connectivity index (χ3n) is 3.48. The Morgan fingerprint density at radius 2 is 1.65 bits per heavy atom. The Hall–Kier alpha value is -2.56. The highest BCUT2D eigenvalue weighted by Crippen LogP contribution is 2.17. The smallest absolute Gasteiger partial charge is 0.191 e. The molecule has 0 bridgehead atoms. The lowest BCUT2D eigenvalue weighted by molar-refractivity contribution is 0.386. The van der Waals surface area contributed by atoms with Crippen LogP contribution in [0.1, 0.15) is 16.7 Å². The number of guanidine groups is 1. The van der Waals surface area contributed by atoms with Crippen molar-refractivity contribution >= 4 is 5.96 Å². The van der Waals surface area contributed by atoms with Crippen LogP contribution in [-0.2, 0) is 13.1 Å². The summed E-state index contributed by atoms with van der Waals surface area (Å²) in [6, 6.07) is 13.2. The molecule has 2 aromatic rings. The zero-order valence-electron chi connectivity index (χ0n) is 13.7. The van der Waals surface area contributed by atoms with Crippen molar-refractivity contribution in [3.05, 3.63) is 65.0 Å². The van der Waals surface area contributed by atoms with Crippen molar-refractivity contribution < 1.29 is 9.13 Å². The van der Waals surface area contributed by atoms with Gasteiger partial charge in [-0.3, -0.25) is 4.99 Å². The second-order valence-corrected chi connectivity index (χ2v) is 5.23. The molecule has 0 spiro atoms. The predicted molar refractivity (Wildman–Crippen MR) is 91.2 cm³/mol. The van der Waals surface area contributed by atoms with Gasteiger partial charge in [-0.05, 0) is 30.2 Å². The number of methoxy groups -OCH3 is 1. The van der Waals surface area contributed by atoms with E-state index in [9.17, 15) is 4.39 Å². The van der Waals surface area contributed by atoms with Crippen LogP contribution in [0.15, 0.2) is 47.5 Å². The summed E-state index contributed by atoms with van der Waals surface area (Å²) in [6.45, 7) is 3.22. The van der Waals surface area contributed by atoms with Crippen LogP contribution < -0.4 is 15.4 Å². The summed E-state index contributed by atoms with van der Waals surface area (Å²) in [5.41, 5.74) is 3.23. The molecule has 0 unspecified atom stereocenters. The Kier molecular flexibility index (Phi) is 5.97. The van der Waals surface area contributed by atoms with Crippen molar-refractivity contribution in [3.8, 4) is 5.75 Å². The number of rotatable bonds is 5. The van der Waals surface area contributed by atoms with Gasteiger partial charge in [0, 0.05) is 20.1 Å². The molecule has 0 aliphatic carbocycles. The van der Waals surface area contributed by atoms with E-state index in [1.807, 2.05) is 6.07 Å². The van der Waals surface area contributed by atoms with Crippen LogP contribution in [0.5, 0.6) is 5.75 Å². The normalized spacial score (nSPS) is 11.2. The summed E-state index contributed by atoms with van der Waals surface area (Å²) in [7, 11) is 3.16. The number of ether oxygens (including phenoxy) is 1. The molecule has 0 amide bonds. The average Bonchev–Trinajstić information content (AvgIpc) is 2.56. The van der Waals surface area contributed by atoms with Crippen molar-refractivity contribution in [2.45, 2.75) is 20.0 Å². The fraction of sp³-hybridized carbons (Fsp3) is 0.278.